The Bertz CT molecular complexity index is 406. The molecule has 0 aliphatic rings. The molecular formula is C10H8BrF3O3. The van der Waals surface area contributed by atoms with Crippen LogP contribution in [0.1, 0.15) is 10.4 Å². The topological polar surface area (TPSA) is 35.5 Å². The second kappa shape index (κ2) is 5.39. The number of hydrogen-bond acceptors (Lipinski definition) is 3. The molecule has 1 atom stereocenters. The van der Waals surface area contributed by atoms with Gasteiger partial charge in [0.25, 0.3) is 0 Å². The van der Waals surface area contributed by atoms with Gasteiger partial charge < -0.3 is 9.47 Å². The van der Waals surface area contributed by atoms with Crippen LogP contribution in [0, 0.1) is 0 Å². The summed E-state index contributed by atoms with van der Waals surface area (Å²) in [6, 6.07) is 5.34. The zero-order valence-corrected chi connectivity index (χ0v) is 10.2. The van der Waals surface area contributed by atoms with Crippen LogP contribution < -0.4 is 4.74 Å². The van der Waals surface area contributed by atoms with Gasteiger partial charge in [-0.2, -0.15) is 0 Å². The van der Waals surface area contributed by atoms with Gasteiger partial charge in [0.1, 0.15) is 10.6 Å². The van der Waals surface area contributed by atoms with Gasteiger partial charge in [0.2, 0.25) is 0 Å². The van der Waals surface area contributed by atoms with Crippen LogP contribution in [-0.4, -0.2) is 19.4 Å². The Morgan fingerprint density at radius 3 is 2.47 bits per heavy atom. The van der Waals surface area contributed by atoms with Gasteiger partial charge in [0.05, 0.1) is 7.11 Å². The Morgan fingerprint density at radius 2 is 1.94 bits per heavy atom. The van der Waals surface area contributed by atoms with E-state index in [1.165, 1.54) is 18.2 Å². The molecule has 17 heavy (non-hydrogen) atoms. The van der Waals surface area contributed by atoms with E-state index in [1.54, 1.807) is 0 Å². The SMILES string of the molecule is COC(=O)C(Br)c1ccccc1OC(F)(F)F. The van der Waals surface area contributed by atoms with Gasteiger partial charge >= 0.3 is 12.3 Å². The molecule has 0 aliphatic carbocycles. The third kappa shape index (κ3) is 3.92. The Hall–Kier alpha value is -1.24. The zero-order chi connectivity index (χ0) is 13.1. The lowest BCUT2D eigenvalue weighted by atomic mass is 10.1. The summed E-state index contributed by atoms with van der Waals surface area (Å²) in [6.45, 7) is 0. The number of hydrogen-bond donors (Lipinski definition) is 0. The molecule has 94 valence electrons. The van der Waals surface area contributed by atoms with E-state index in [2.05, 4.69) is 25.4 Å². The van der Waals surface area contributed by atoms with Crippen molar-refractivity contribution in [1.82, 2.24) is 0 Å². The second-order valence-corrected chi connectivity index (χ2v) is 3.89. The van der Waals surface area contributed by atoms with E-state index >= 15 is 0 Å². The van der Waals surface area contributed by atoms with Crippen molar-refractivity contribution in [3.8, 4) is 5.75 Å². The van der Waals surface area contributed by atoms with E-state index in [0.717, 1.165) is 13.2 Å². The maximum Gasteiger partial charge on any atom is 0.573 e. The number of methoxy groups -OCH3 is 1. The van der Waals surface area contributed by atoms with Crippen LogP contribution in [0.3, 0.4) is 0 Å². The summed E-state index contributed by atoms with van der Waals surface area (Å²) >= 11 is 2.95. The van der Waals surface area contributed by atoms with Gasteiger partial charge in [0.15, 0.2) is 0 Å². The van der Waals surface area contributed by atoms with E-state index in [1.807, 2.05) is 0 Å². The predicted molar refractivity (Wildman–Crippen MR) is 56.8 cm³/mol. The van der Waals surface area contributed by atoms with Crippen LogP contribution in [0.5, 0.6) is 5.75 Å². The number of carbonyl (C=O) groups excluding carboxylic acids is 1. The minimum atomic E-state index is -4.81. The van der Waals surface area contributed by atoms with Gasteiger partial charge in [-0.15, -0.1) is 13.2 Å². The minimum absolute atomic E-state index is 0.0525. The first kappa shape index (κ1) is 13.8. The first-order chi connectivity index (χ1) is 7.85. The van der Waals surface area contributed by atoms with Crippen molar-refractivity contribution in [3.05, 3.63) is 29.8 Å². The summed E-state index contributed by atoms with van der Waals surface area (Å²) in [5.41, 5.74) is 0.0525. The number of alkyl halides is 4. The Balaban J connectivity index is 3.03. The van der Waals surface area contributed by atoms with E-state index in [0.29, 0.717) is 0 Å². The van der Waals surface area contributed by atoms with Crippen LogP contribution in [0.2, 0.25) is 0 Å². The van der Waals surface area contributed by atoms with Crippen molar-refractivity contribution in [3.63, 3.8) is 0 Å². The lowest BCUT2D eigenvalue weighted by Gasteiger charge is -2.15. The fourth-order valence-corrected chi connectivity index (χ4v) is 1.70. The predicted octanol–water partition coefficient (Wildman–Crippen LogP) is 3.19. The number of benzene rings is 1. The molecule has 0 bridgehead atoms. The van der Waals surface area contributed by atoms with Gasteiger partial charge in [-0.05, 0) is 6.07 Å². The van der Waals surface area contributed by atoms with E-state index in [9.17, 15) is 18.0 Å². The molecule has 1 aromatic rings. The third-order valence-corrected chi connectivity index (χ3v) is 2.69. The summed E-state index contributed by atoms with van der Waals surface area (Å²) < 4.78 is 44.6. The molecule has 0 N–H and O–H groups in total. The smallest absolute Gasteiger partial charge is 0.468 e. The number of rotatable bonds is 3. The maximum atomic E-state index is 12.1. The Morgan fingerprint density at radius 1 is 1.35 bits per heavy atom. The summed E-state index contributed by atoms with van der Waals surface area (Å²) in [6.07, 6.45) is -4.81. The molecule has 3 nitrogen and oxygen atoms in total. The molecule has 0 fully saturated rings. The molecular weight excluding hydrogens is 305 g/mol. The molecule has 0 radical (unpaired) electrons. The highest BCUT2D eigenvalue weighted by Crippen LogP contribution is 2.34. The number of halogens is 4. The third-order valence-electron chi connectivity index (χ3n) is 1.83. The summed E-state index contributed by atoms with van der Waals surface area (Å²) in [4.78, 5) is 10.2. The van der Waals surface area contributed by atoms with Crippen molar-refractivity contribution in [2.24, 2.45) is 0 Å². The Kier molecular flexibility index (Phi) is 4.39. The number of esters is 1. The standard InChI is InChI=1S/C10H8BrF3O3/c1-16-9(15)8(11)6-4-2-3-5-7(6)17-10(12,13)14/h2-5,8H,1H3. The first-order valence-corrected chi connectivity index (χ1v) is 5.33. The number of para-hydroxylation sites is 1. The fourth-order valence-electron chi connectivity index (χ4n) is 1.14. The van der Waals surface area contributed by atoms with Crippen molar-refractivity contribution in [2.75, 3.05) is 7.11 Å². The maximum absolute atomic E-state index is 12.1. The first-order valence-electron chi connectivity index (χ1n) is 4.41. The lowest BCUT2D eigenvalue weighted by molar-refractivity contribution is -0.274. The van der Waals surface area contributed by atoms with E-state index in [-0.39, 0.29) is 5.56 Å². The van der Waals surface area contributed by atoms with Crippen LogP contribution >= 0.6 is 15.9 Å². The molecule has 0 heterocycles. The highest BCUT2D eigenvalue weighted by atomic mass is 79.9. The molecule has 7 heteroatoms. The van der Waals surface area contributed by atoms with Crippen molar-refractivity contribution < 1.29 is 27.4 Å². The molecule has 1 unspecified atom stereocenters. The molecule has 0 aliphatic heterocycles. The Labute approximate surface area is 104 Å². The monoisotopic (exact) mass is 312 g/mol. The summed E-state index contributed by atoms with van der Waals surface area (Å²) in [7, 11) is 1.14. The number of ether oxygens (including phenoxy) is 2. The molecule has 0 aromatic heterocycles. The van der Waals surface area contributed by atoms with E-state index in [4.69, 9.17) is 0 Å². The quantitative estimate of drug-likeness (QED) is 0.635. The van der Waals surface area contributed by atoms with Gasteiger partial charge in [0, 0.05) is 5.56 Å². The van der Waals surface area contributed by atoms with Gasteiger partial charge in [-0.3, -0.25) is 4.79 Å². The van der Waals surface area contributed by atoms with Crippen LogP contribution in [0.15, 0.2) is 24.3 Å². The van der Waals surface area contributed by atoms with Crippen molar-refractivity contribution in [2.45, 2.75) is 11.2 Å². The van der Waals surface area contributed by atoms with Crippen LogP contribution in [0.4, 0.5) is 13.2 Å². The van der Waals surface area contributed by atoms with Crippen molar-refractivity contribution >= 4 is 21.9 Å². The average Bonchev–Trinajstić information content (AvgIpc) is 2.25. The fraction of sp³-hybridized carbons (Fsp3) is 0.300. The molecule has 0 saturated carbocycles. The van der Waals surface area contributed by atoms with Crippen molar-refractivity contribution in [1.29, 1.82) is 0 Å². The van der Waals surface area contributed by atoms with Crippen LogP contribution in [-0.2, 0) is 9.53 Å². The zero-order valence-electron chi connectivity index (χ0n) is 8.62. The van der Waals surface area contributed by atoms with Crippen LogP contribution in [0.25, 0.3) is 0 Å². The van der Waals surface area contributed by atoms with E-state index < -0.39 is 22.9 Å². The summed E-state index contributed by atoms with van der Waals surface area (Å²) in [5.74, 6) is -1.14. The average molecular weight is 313 g/mol. The molecule has 1 aromatic carbocycles. The second-order valence-electron chi connectivity index (χ2n) is 2.97. The normalized spacial score (nSPS) is 13.0. The molecule has 0 amide bonds. The molecule has 1 rings (SSSR count). The minimum Gasteiger partial charge on any atom is -0.468 e. The van der Waals surface area contributed by atoms with Gasteiger partial charge in [-0.25, -0.2) is 0 Å². The van der Waals surface area contributed by atoms with Gasteiger partial charge in [-0.1, -0.05) is 34.1 Å². The largest absolute Gasteiger partial charge is 0.573 e. The molecule has 0 spiro atoms. The highest BCUT2D eigenvalue weighted by Gasteiger charge is 2.33. The number of carbonyl (C=O) groups is 1. The highest BCUT2D eigenvalue weighted by molar-refractivity contribution is 9.09. The summed E-state index contributed by atoms with van der Waals surface area (Å²) in [5, 5.41) is 0. The lowest BCUT2D eigenvalue weighted by Crippen LogP contribution is -2.19. The molecule has 0 saturated heterocycles.